The maximum atomic E-state index is 9.09. The van der Waals surface area contributed by atoms with Crippen molar-refractivity contribution in [3.8, 4) is 0 Å². The van der Waals surface area contributed by atoms with E-state index in [1.165, 1.54) is 0 Å². The third kappa shape index (κ3) is 9.53. The number of aliphatic hydroxyl groups is 2. The Bertz CT molecular complexity index is 200. The van der Waals surface area contributed by atoms with Gasteiger partial charge in [0.25, 0.3) is 0 Å². The van der Waals surface area contributed by atoms with Gasteiger partial charge in [-0.3, -0.25) is 0 Å². The van der Waals surface area contributed by atoms with E-state index in [9.17, 15) is 0 Å². The first-order valence-corrected chi connectivity index (χ1v) is 6.13. The van der Waals surface area contributed by atoms with E-state index in [4.69, 9.17) is 19.7 Å². The van der Waals surface area contributed by atoms with Crippen LogP contribution < -0.4 is 0 Å². The Morgan fingerprint density at radius 3 is 1.88 bits per heavy atom. The summed E-state index contributed by atoms with van der Waals surface area (Å²) in [4.78, 5) is 0. The maximum absolute atomic E-state index is 9.09. The van der Waals surface area contributed by atoms with Gasteiger partial charge in [-0.15, -0.1) is 0 Å². The molecule has 0 aromatic rings. The fourth-order valence-corrected chi connectivity index (χ4v) is 1.20. The van der Waals surface area contributed by atoms with Crippen LogP contribution in [0.15, 0.2) is 0 Å². The third-order valence-corrected chi connectivity index (χ3v) is 2.27. The second-order valence-corrected chi connectivity index (χ2v) is 6.34. The summed E-state index contributed by atoms with van der Waals surface area (Å²) in [6, 6.07) is 0. The zero-order valence-electron chi connectivity index (χ0n) is 11.8. The molecule has 0 aliphatic heterocycles. The Morgan fingerprint density at radius 1 is 0.941 bits per heavy atom. The molecule has 1 unspecified atom stereocenters. The molecular formula is C13H28O4. The number of hydrogen-bond donors (Lipinski definition) is 2. The topological polar surface area (TPSA) is 58.9 Å². The first-order valence-electron chi connectivity index (χ1n) is 6.13. The SMILES string of the molecule is CC(O)COCC(C)(C)COCC(C)(C)CO. The minimum Gasteiger partial charge on any atom is -0.396 e. The van der Waals surface area contributed by atoms with Crippen LogP contribution in [-0.4, -0.2) is 49.4 Å². The number of aliphatic hydroxyl groups excluding tert-OH is 2. The monoisotopic (exact) mass is 248 g/mol. The molecule has 0 rings (SSSR count). The summed E-state index contributed by atoms with van der Waals surface area (Å²) in [5.41, 5.74) is -0.281. The highest BCUT2D eigenvalue weighted by molar-refractivity contribution is 4.70. The summed E-state index contributed by atoms with van der Waals surface area (Å²) in [5, 5.41) is 18.2. The summed E-state index contributed by atoms with van der Waals surface area (Å²) in [7, 11) is 0. The largest absolute Gasteiger partial charge is 0.396 e. The highest BCUT2D eigenvalue weighted by Gasteiger charge is 2.22. The van der Waals surface area contributed by atoms with Crippen molar-refractivity contribution in [1.82, 2.24) is 0 Å². The van der Waals surface area contributed by atoms with Crippen molar-refractivity contribution in [2.24, 2.45) is 10.8 Å². The average molecular weight is 248 g/mol. The lowest BCUT2D eigenvalue weighted by Gasteiger charge is -2.28. The number of hydrogen-bond acceptors (Lipinski definition) is 4. The van der Waals surface area contributed by atoms with Crippen molar-refractivity contribution < 1.29 is 19.7 Å². The van der Waals surface area contributed by atoms with Crippen LogP contribution in [0, 0.1) is 10.8 Å². The van der Waals surface area contributed by atoms with Gasteiger partial charge in [0.2, 0.25) is 0 Å². The Balaban J connectivity index is 3.78. The van der Waals surface area contributed by atoms with Crippen LogP contribution in [-0.2, 0) is 9.47 Å². The Labute approximate surface area is 105 Å². The average Bonchev–Trinajstić information content (AvgIpc) is 2.16. The van der Waals surface area contributed by atoms with Crippen LogP contribution in [0.2, 0.25) is 0 Å². The van der Waals surface area contributed by atoms with Gasteiger partial charge in [0, 0.05) is 10.8 Å². The standard InChI is InChI=1S/C13H28O4/c1-11(15)6-16-9-13(4,5)10-17-8-12(2,3)7-14/h11,14-15H,6-10H2,1-5H3. The van der Waals surface area contributed by atoms with Gasteiger partial charge in [-0.1, -0.05) is 27.7 Å². The van der Waals surface area contributed by atoms with Crippen LogP contribution in [0.1, 0.15) is 34.6 Å². The zero-order chi connectivity index (χ0) is 13.5. The van der Waals surface area contributed by atoms with Gasteiger partial charge in [-0.05, 0) is 6.92 Å². The van der Waals surface area contributed by atoms with E-state index in [-0.39, 0.29) is 17.4 Å². The van der Waals surface area contributed by atoms with E-state index in [1.807, 2.05) is 13.8 Å². The molecule has 0 aromatic carbocycles. The lowest BCUT2D eigenvalue weighted by molar-refractivity contribution is -0.0471. The molecule has 17 heavy (non-hydrogen) atoms. The molecule has 4 heteroatoms. The molecule has 0 amide bonds. The van der Waals surface area contributed by atoms with Crippen molar-refractivity contribution in [2.45, 2.75) is 40.7 Å². The summed E-state index contributed by atoms with van der Waals surface area (Å²) >= 11 is 0. The van der Waals surface area contributed by atoms with Crippen LogP contribution >= 0.6 is 0 Å². The highest BCUT2D eigenvalue weighted by Crippen LogP contribution is 2.19. The summed E-state index contributed by atoms with van der Waals surface area (Å²) in [6.07, 6.45) is -0.431. The molecule has 4 nitrogen and oxygen atoms in total. The minimum atomic E-state index is -0.431. The zero-order valence-corrected chi connectivity index (χ0v) is 11.8. The van der Waals surface area contributed by atoms with Crippen molar-refractivity contribution in [2.75, 3.05) is 33.0 Å². The molecule has 0 saturated heterocycles. The predicted octanol–water partition coefficient (Wildman–Crippen LogP) is 1.45. The van der Waals surface area contributed by atoms with Crippen LogP contribution in [0.25, 0.3) is 0 Å². The van der Waals surface area contributed by atoms with Gasteiger partial charge in [0.15, 0.2) is 0 Å². The summed E-state index contributed by atoms with van der Waals surface area (Å²) in [6.45, 7) is 11.9. The Hall–Kier alpha value is -0.160. The van der Waals surface area contributed by atoms with Gasteiger partial charge < -0.3 is 19.7 Å². The molecule has 104 valence electrons. The lowest BCUT2D eigenvalue weighted by Crippen LogP contribution is -2.31. The number of ether oxygens (including phenoxy) is 2. The smallest absolute Gasteiger partial charge is 0.0745 e. The Kier molecular flexibility index (Phi) is 7.24. The molecule has 1 atom stereocenters. The quantitative estimate of drug-likeness (QED) is 0.648. The second-order valence-electron chi connectivity index (χ2n) is 6.34. The molecule has 0 radical (unpaired) electrons. The van der Waals surface area contributed by atoms with Crippen LogP contribution in [0.3, 0.4) is 0 Å². The van der Waals surface area contributed by atoms with Gasteiger partial charge >= 0.3 is 0 Å². The lowest BCUT2D eigenvalue weighted by atomic mass is 9.94. The van der Waals surface area contributed by atoms with E-state index in [2.05, 4.69) is 13.8 Å². The normalized spacial score (nSPS) is 15.0. The molecule has 0 aliphatic carbocycles. The van der Waals surface area contributed by atoms with Crippen LogP contribution in [0.4, 0.5) is 0 Å². The first-order chi connectivity index (χ1) is 7.68. The molecule has 0 aliphatic rings. The van der Waals surface area contributed by atoms with E-state index in [0.717, 1.165) is 0 Å². The molecule has 0 spiro atoms. The number of rotatable bonds is 9. The fourth-order valence-electron chi connectivity index (χ4n) is 1.20. The molecule has 2 N–H and O–H groups in total. The molecule has 0 aromatic heterocycles. The van der Waals surface area contributed by atoms with Gasteiger partial charge in [-0.25, -0.2) is 0 Å². The minimum absolute atomic E-state index is 0.0829. The predicted molar refractivity (Wildman–Crippen MR) is 68.0 cm³/mol. The second kappa shape index (κ2) is 7.31. The van der Waals surface area contributed by atoms with Gasteiger partial charge in [-0.2, -0.15) is 0 Å². The van der Waals surface area contributed by atoms with E-state index >= 15 is 0 Å². The molecule has 0 saturated carbocycles. The molecule has 0 bridgehead atoms. The highest BCUT2D eigenvalue weighted by atomic mass is 16.5. The summed E-state index contributed by atoms with van der Waals surface area (Å²) in [5.74, 6) is 0. The fraction of sp³-hybridized carbons (Fsp3) is 1.00. The van der Waals surface area contributed by atoms with Gasteiger partial charge in [0.05, 0.1) is 39.1 Å². The molecule has 0 fully saturated rings. The first kappa shape index (κ1) is 16.8. The molecule has 0 heterocycles. The van der Waals surface area contributed by atoms with Crippen molar-refractivity contribution in [3.63, 3.8) is 0 Å². The van der Waals surface area contributed by atoms with Crippen LogP contribution in [0.5, 0.6) is 0 Å². The van der Waals surface area contributed by atoms with Crippen molar-refractivity contribution in [1.29, 1.82) is 0 Å². The van der Waals surface area contributed by atoms with E-state index in [0.29, 0.717) is 26.4 Å². The summed E-state index contributed by atoms with van der Waals surface area (Å²) < 4.78 is 11.0. The van der Waals surface area contributed by atoms with Gasteiger partial charge in [0.1, 0.15) is 0 Å². The Morgan fingerprint density at radius 2 is 1.41 bits per heavy atom. The van der Waals surface area contributed by atoms with E-state index < -0.39 is 6.10 Å². The van der Waals surface area contributed by atoms with Crippen molar-refractivity contribution >= 4 is 0 Å². The van der Waals surface area contributed by atoms with Crippen molar-refractivity contribution in [3.05, 3.63) is 0 Å². The third-order valence-electron chi connectivity index (χ3n) is 2.27. The van der Waals surface area contributed by atoms with E-state index in [1.54, 1.807) is 6.92 Å². The maximum Gasteiger partial charge on any atom is 0.0745 e. The molecular weight excluding hydrogens is 220 g/mol.